The van der Waals surface area contributed by atoms with Gasteiger partial charge in [0.15, 0.2) is 0 Å². The second-order valence-electron chi connectivity index (χ2n) is 8.07. The van der Waals surface area contributed by atoms with E-state index in [0.717, 1.165) is 24.8 Å². The average molecular weight is 413 g/mol. The first-order chi connectivity index (χ1) is 14.0. The van der Waals surface area contributed by atoms with Gasteiger partial charge in [-0.3, -0.25) is 9.10 Å². The van der Waals surface area contributed by atoms with Crippen molar-refractivity contribution >= 4 is 27.3 Å². The third-order valence-corrected chi connectivity index (χ3v) is 7.86. The molecular formula is C23H28N2O3S. The molecule has 2 aromatic rings. The number of carbonyl (C=O) groups excluding carboxylic acids is 1. The Hall–Kier alpha value is -2.34. The summed E-state index contributed by atoms with van der Waals surface area (Å²) in [5, 5.41) is 2.97. The van der Waals surface area contributed by atoms with Crippen molar-refractivity contribution in [3.63, 3.8) is 0 Å². The molecule has 0 atom stereocenters. The SMILES string of the molecule is O=C(CCC1CCCC1)Nc1ccc2c(c1)N(S(=O)(=O)c1ccccc1)CCC2. The molecule has 5 nitrogen and oxygen atoms in total. The molecule has 0 aromatic heterocycles. The van der Waals surface area contributed by atoms with Gasteiger partial charge in [-0.05, 0) is 55.0 Å². The number of hydrogen-bond donors (Lipinski definition) is 1. The van der Waals surface area contributed by atoms with Crippen molar-refractivity contribution in [3.8, 4) is 0 Å². The van der Waals surface area contributed by atoms with E-state index in [-0.39, 0.29) is 5.91 Å². The number of anilines is 2. The standard InChI is InChI=1S/C23H28N2O3S/c26-23(15-12-18-7-4-5-8-18)24-20-14-13-19-9-6-16-25(22(19)17-20)29(27,28)21-10-2-1-3-11-21/h1-3,10-11,13-14,17-18H,4-9,12,15-16H2,(H,24,26). The predicted octanol–water partition coefficient (Wildman–Crippen LogP) is 4.74. The lowest BCUT2D eigenvalue weighted by Crippen LogP contribution is -2.35. The van der Waals surface area contributed by atoms with Crippen LogP contribution in [0.5, 0.6) is 0 Å². The van der Waals surface area contributed by atoms with Crippen LogP contribution in [0.3, 0.4) is 0 Å². The minimum atomic E-state index is -3.62. The molecule has 0 unspecified atom stereocenters. The summed E-state index contributed by atoms with van der Waals surface area (Å²) in [6.07, 6.45) is 8.11. The zero-order valence-electron chi connectivity index (χ0n) is 16.6. The number of rotatable bonds is 6. The molecule has 1 saturated carbocycles. The van der Waals surface area contributed by atoms with Crippen molar-refractivity contribution in [2.75, 3.05) is 16.2 Å². The van der Waals surface area contributed by atoms with Gasteiger partial charge in [0, 0.05) is 18.7 Å². The highest BCUT2D eigenvalue weighted by molar-refractivity contribution is 7.92. The van der Waals surface area contributed by atoms with Crippen LogP contribution >= 0.6 is 0 Å². The lowest BCUT2D eigenvalue weighted by atomic mass is 10.0. The number of hydrogen-bond acceptors (Lipinski definition) is 3. The van der Waals surface area contributed by atoms with Crippen LogP contribution in [0.2, 0.25) is 0 Å². The predicted molar refractivity (Wildman–Crippen MR) is 116 cm³/mol. The van der Waals surface area contributed by atoms with Gasteiger partial charge in [-0.1, -0.05) is 49.9 Å². The molecule has 1 amide bonds. The van der Waals surface area contributed by atoms with Gasteiger partial charge in [-0.15, -0.1) is 0 Å². The number of amides is 1. The number of fused-ring (bicyclic) bond motifs is 1. The fourth-order valence-corrected chi connectivity index (χ4v) is 6.00. The van der Waals surface area contributed by atoms with Crippen LogP contribution in [0.4, 0.5) is 11.4 Å². The van der Waals surface area contributed by atoms with E-state index in [9.17, 15) is 13.2 Å². The van der Waals surface area contributed by atoms with Crippen molar-refractivity contribution < 1.29 is 13.2 Å². The maximum absolute atomic E-state index is 13.2. The summed E-state index contributed by atoms with van der Waals surface area (Å²) in [5.41, 5.74) is 2.34. The molecule has 2 aliphatic rings. The van der Waals surface area contributed by atoms with Crippen molar-refractivity contribution in [2.24, 2.45) is 5.92 Å². The zero-order valence-corrected chi connectivity index (χ0v) is 17.5. The highest BCUT2D eigenvalue weighted by Crippen LogP contribution is 2.34. The van der Waals surface area contributed by atoms with Crippen LogP contribution in [0, 0.1) is 5.92 Å². The van der Waals surface area contributed by atoms with Crippen LogP contribution in [-0.2, 0) is 21.2 Å². The summed E-state index contributed by atoms with van der Waals surface area (Å²) in [7, 11) is -3.62. The molecule has 1 fully saturated rings. The zero-order chi connectivity index (χ0) is 20.3. The van der Waals surface area contributed by atoms with Gasteiger partial charge in [0.1, 0.15) is 0 Å². The molecule has 0 saturated heterocycles. The van der Waals surface area contributed by atoms with Gasteiger partial charge < -0.3 is 5.32 Å². The third kappa shape index (κ3) is 4.47. The van der Waals surface area contributed by atoms with Crippen LogP contribution in [0.25, 0.3) is 0 Å². The van der Waals surface area contributed by atoms with Crippen molar-refractivity contribution in [1.82, 2.24) is 0 Å². The second kappa shape index (κ2) is 8.57. The number of nitrogens with zero attached hydrogens (tertiary/aromatic N) is 1. The molecule has 1 aliphatic heterocycles. The number of sulfonamides is 1. The molecule has 154 valence electrons. The van der Waals surface area contributed by atoms with E-state index in [1.165, 1.54) is 30.0 Å². The minimum Gasteiger partial charge on any atom is -0.326 e. The van der Waals surface area contributed by atoms with Crippen molar-refractivity contribution in [2.45, 2.75) is 56.3 Å². The first-order valence-corrected chi connectivity index (χ1v) is 12.0. The van der Waals surface area contributed by atoms with Gasteiger partial charge in [0.05, 0.1) is 10.6 Å². The molecule has 0 bridgehead atoms. The Balaban J connectivity index is 1.52. The van der Waals surface area contributed by atoms with E-state index in [2.05, 4.69) is 5.32 Å². The summed E-state index contributed by atoms with van der Waals surface area (Å²) >= 11 is 0. The Morgan fingerprint density at radius 3 is 2.55 bits per heavy atom. The van der Waals surface area contributed by atoms with Crippen molar-refractivity contribution in [3.05, 3.63) is 54.1 Å². The Bertz CT molecular complexity index is 967. The van der Waals surface area contributed by atoms with E-state index >= 15 is 0 Å². The van der Waals surface area contributed by atoms with Crippen LogP contribution in [0.1, 0.15) is 50.5 Å². The normalized spacial score (nSPS) is 17.2. The second-order valence-corrected chi connectivity index (χ2v) is 9.94. The molecule has 4 rings (SSSR count). The third-order valence-electron chi connectivity index (χ3n) is 6.03. The van der Waals surface area contributed by atoms with E-state index in [1.54, 1.807) is 24.3 Å². The van der Waals surface area contributed by atoms with Crippen LogP contribution in [-0.4, -0.2) is 20.9 Å². The number of aryl methyl sites for hydroxylation is 1. The van der Waals surface area contributed by atoms with E-state index < -0.39 is 10.0 Å². The average Bonchev–Trinajstić information content (AvgIpc) is 3.26. The molecule has 0 spiro atoms. The van der Waals surface area contributed by atoms with E-state index in [4.69, 9.17) is 0 Å². The van der Waals surface area contributed by atoms with Crippen molar-refractivity contribution in [1.29, 1.82) is 0 Å². The van der Waals surface area contributed by atoms with E-state index in [0.29, 0.717) is 35.2 Å². The highest BCUT2D eigenvalue weighted by Gasteiger charge is 2.29. The largest absolute Gasteiger partial charge is 0.326 e. The summed E-state index contributed by atoms with van der Waals surface area (Å²) < 4.78 is 27.8. The lowest BCUT2D eigenvalue weighted by Gasteiger charge is -2.31. The number of carbonyl (C=O) groups is 1. The summed E-state index contributed by atoms with van der Waals surface area (Å²) in [6, 6.07) is 14.2. The molecule has 2 aromatic carbocycles. The van der Waals surface area contributed by atoms with Crippen LogP contribution in [0.15, 0.2) is 53.4 Å². The van der Waals surface area contributed by atoms with Gasteiger partial charge in [0.2, 0.25) is 5.91 Å². The van der Waals surface area contributed by atoms with Gasteiger partial charge in [-0.25, -0.2) is 8.42 Å². The Labute approximate surface area is 173 Å². The Kier molecular flexibility index (Phi) is 5.90. The fourth-order valence-electron chi connectivity index (χ4n) is 4.45. The molecule has 6 heteroatoms. The van der Waals surface area contributed by atoms with E-state index in [1.807, 2.05) is 24.3 Å². The Morgan fingerprint density at radius 2 is 1.79 bits per heavy atom. The number of benzene rings is 2. The summed E-state index contributed by atoms with van der Waals surface area (Å²) in [4.78, 5) is 12.7. The van der Waals surface area contributed by atoms with Crippen LogP contribution < -0.4 is 9.62 Å². The highest BCUT2D eigenvalue weighted by atomic mass is 32.2. The summed E-state index contributed by atoms with van der Waals surface area (Å²) in [5.74, 6) is 0.681. The topological polar surface area (TPSA) is 66.5 Å². The quantitative estimate of drug-likeness (QED) is 0.745. The maximum atomic E-state index is 13.2. The summed E-state index contributed by atoms with van der Waals surface area (Å²) in [6.45, 7) is 0.448. The van der Waals surface area contributed by atoms with Gasteiger partial charge in [0.25, 0.3) is 10.0 Å². The molecule has 29 heavy (non-hydrogen) atoms. The minimum absolute atomic E-state index is 0.00475. The van der Waals surface area contributed by atoms with Gasteiger partial charge >= 0.3 is 0 Å². The first-order valence-electron chi connectivity index (χ1n) is 10.5. The molecule has 1 heterocycles. The molecule has 0 radical (unpaired) electrons. The number of nitrogens with one attached hydrogen (secondary N) is 1. The fraction of sp³-hybridized carbons (Fsp3) is 0.435. The Morgan fingerprint density at radius 1 is 1.03 bits per heavy atom. The van der Waals surface area contributed by atoms with Gasteiger partial charge in [-0.2, -0.15) is 0 Å². The molecule has 1 N–H and O–H groups in total. The maximum Gasteiger partial charge on any atom is 0.264 e. The first kappa shape index (κ1) is 20.0. The molecular weight excluding hydrogens is 384 g/mol. The monoisotopic (exact) mass is 412 g/mol. The smallest absolute Gasteiger partial charge is 0.264 e. The lowest BCUT2D eigenvalue weighted by molar-refractivity contribution is -0.116. The molecule has 1 aliphatic carbocycles.